The number of ether oxygens (including phenoxy) is 2. The molecule has 0 aliphatic carbocycles. The molecule has 0 radical (unpaired) electrons. The standard InChI is InChI=1S/C17H19NO3/c1-11-5-12(2)7-14(6-11)18-9-15(19)13-3-4-16-17(8-13)21-10-20-16/h3-8,15,18-19H,9-10H2,1-2H3. The Hall–Kier alpha value is -2.20. The van der Waals surface area contributed by atoms with Gasteiger partial charge in [0, 0.05) is 12.2 Å². The zero-order valence-corrected chi connectivity index (χ0v) is 12.2. The van der Waals surface area contributed by atoms with Gasteiger partial charge in [-0.25, -0.2) is 0 Å². The van der Waals surface area contributed by atoms with Crippen LogP contribution in [0.2, 0.25) is 0 Å². The van der Waals surface area contributed by atoms with Crippen molar-refractivity contribution >= 4 is 5.69 Å². The first-order valence-corrected chi connectivity index (χ1v) is 7.01. The van der Waals surface area contributed by atoms with E-state index >= 15 is 0 Å². The molecule has 3 rings (SSSR count). The van der Waals surface area contributed by atoms with Crippen LogP contribution in [0.15, 0.2) is 36.4 Å². The number of aliphatic hydroxyl groups excluding tert-OH is 1. The molecule has 2 aromatic carbocycles. The third kappa shape index (κ3) is 3.11. The lowest BCUT2D eigenvalue weighted by atomic mass is 10.1. The van der Waals surface area contributed by atoms with Crippen molar-refractivity contribution in [1.82, 2.24) is 0 Å². The number of aliphatic hydroxyl groups is 1. The van der Waals surface area contributed by atoms with Gasteiger partial charge in [0.05, 0.1) is 6.10 Å². The van der Waals surface area contributed by atoms with Crippen LogP contribution in [-0.4, -0.2) is 18.4 Å². The highest BCUT2D eigenvalue weighted by molar-refractivity contribution is 5.49. The van der Waals surface area contributed by atoms with E-state index in [1.807, 2.05) is 18.2 Å². The second-order valence-corrected chi connectivity index (χ2v) is 5.39. The summed E-state index contributed by atoms with van der Waals surface area (Å²) in [7, 11) is 0. The topological polar surface area (TPSA) is 50.7 Å². The normalized spacial score (nSPS) is 14.0. The van der Waals surface area contributed by atoms with Crippen molar-refractivity contribution in [3.8, 4) is 11.5 Å². The molecule has 1 atom stereocenters. The first kappa shape index (κ1) is 13.8. The summed E-state index contributed by atoms with van der Waals surface area (Å²) in [5.74, 6) is 1.42. The van der Waals surface area contributed by atoms with Gasteiger partial charge in [-0.2, -0.15) is 0 Å². The van der Waals surface area contributed by atoms with E-state index in [2.05, 4.69) is 37.4 Å². The van der Waals surface area contributed by atoms with Gasteiger partial charge in [-0.15, -0.1) is 0 Å². The molecule has 2 aromatic rings. The molecule has 4 nitrogen and oxygen atoms in total. The number of anilines is 1. The molecule has 0 spiro atoms. The summed E-state index contributed by atoms with van der Waals surface area (Å²) < 4.78 is 10.6. The minimum atomic E-state index is -0.597. The molecule has 21 heavy (non-hydrogen) atoms. The third-order valence-electron chi connectivity index (χ3n) is 3.50. The lowest BCUT2D eigenvalue weighted by Crippen LogP contribution is -2.12. The maximum Gasteiger partial charge on any atom is 0.231 e. The second-order valence-electron chi connectivity index (χ2n) is 5.39. The Morgan fingerprint density at radius 1 is 1.05 bits per heavy atom. The van der Waals surface area contributed by atoms with E-state index in [4.69, 9.17) is 9.47 Å². The van der Waals surface area contributed by atoms with Gasteiger partial charge < -0.3 is 19.9 Å². The van der Waals surface area contributed by atoms with Crippen molar-refractivity contribution in [3.63, 3.8) is 0 Å². The Morgan fingerprint density at radius 3 is 2.52 bits per heavy atom. The number of rotatable bonds is 4. The molecular formula is C17H19NO3. The van der Waals surface area contributed by atoms with Crippen LogP contribution in [0.5, 0.6) is 11.5 Å². The smallest absolute Gasteiger partial charge is 0.231 e. The number of hydrogen-bond donors (Lipinski definition) is 2. The lowest BCUT2D eigenvalue weighted by Gasteiger charge is -2.14. The van der Waals surface area contributed by atoms with Crippen LogP contribution in [0.4, 0.5) is 5.69 Å². The number of aryl methyl sites for hydroxylation is 2. The van der Waals surface area contributed by atoms with E-state index in [9.17, 15) is 5.11 Å². The van der Waals surface area contributed by atoms with Crippen molar-refractivity contribution in [2.45, 2.75) is 20.0 Å². The van der Waals surface area contributed by atoms with Gasteiger partial charge in [-0.05, 0) is 54.8 Å². The third-order valence-corrected chi connectivity index (χ3v) is 3.50. The largest absolute Gasteiger partial charge is 0.454 e. The van der Waals surface area contributed by atoms with Crippen molar-refractivity contribution in [3.05, 3.63) is 53.1 Å². The predicted molar refractivity (Wildman–Crippen MR) is 81.9 cm³/mol. The van der Waals surface area contributed by atoms with E-state index in [0.29, 0.717) is 12.3 Å². The quantitative estimate of drug-likeness (QED) is 0.906. The molecule has 2 N–H and O–H groups in total. The highest BCUT2D eigenvalue weighted by Gasteiger charge is 2.16. The van der Waals surface area contributed by atoms with Crippen molar-refractivity contribution in [2.24, 2.45) is 0 Å². The summed E-state index contributed by atoms with van der Waals surface area (Å²) in [5.41, 5.74) is 4.24. The first-order chi connectivity index (χ1) is 10.1. The Labute approximate surface area is 124 Å². The van der Waals surface area contributed by atoms with Crippen molar-refractivity contribution in [1.29, 1.82) is 0 Å². The molecular weight excluding hydrogens is 266 g/mol. The van der Waals surface area contributed by atoms with Crippen LogP contribution in [0, 0.1) is 13.8 Å². The van der Waals surface area contributed by atoms with Gasteiger partial charge in [-0.1, -0.05) is 12.1 Å². The molecule has 110 valence electrons. The number of nitrogens with one attached hydrogen (secondary N) is 1. The highest BCUT2D eigenvalue weighted by Crippen LogP contribution is 2.34. The highest BCUT2D eigenvalue weighted by atomic mass is 16.7. The van der Waals surface area contributed by atoms with Gasteiger partial charge in [0.25, 0.3) is 0 Å². The monoisotopic (exact) mass is 285 g/mol. The van der Waals surface area contributed by atoms with Crippen molar-refractivity contribution in [2.75, 3.05) is 18.7 Å². The van der Waals surface area contributed by atoms with Crippen LogP contribution in [0.25, 0.3) is 0 Å². The van der Waals surface area contributed by atoms with Gasteiger partial charge in [0.15, 0.2) is 11.5 Å². The molecule has 0 saturated heterocycles. The van der Waals surface area contributed by atoms with Gasteiger partial charge in [0.2, 0.25) is 6.79 Å². The fraction of sp³-hybridized carbons (Fsp3) is 0.294. The predicted octanol–water partition coefficient (Wildman–Crippen LogP) is 3.18. The van der Waals surface area contributed by atoms with Gasteiger partial charge in [-0.3, -0.25) is 0 Å². The average molecular weight is 285 g/mol. The molecule has 1 aliphatic rings. The molecule has 0 bridgehead atoms. The van der Waals surface area contributed by atoms with Crippen LogP contribution in [0.1, 0.15) is 22.8 Å². The Balaban J connectivity index is 1.67. The molecule has 4 heteroatoms. The lowest BCUT2D eigenvalue weighted by molar-refractivity contribution is 0.173. The van der Waals surface area contributed by atoms with Crippen LogP contribution < -0.4 is 14.8 Å². The van der Waals surface area contributed by atoms with Crippen molar-refractivity contribution < 1.29 is 14.6 Å². The van der Waals surface area contributed by atoms with E-state index in [1.165, 1.54) is 11.1 Å². The minimum absolute atomic E-state index is 0.246. The Kier molecular flexibility index (Phi) is 3.71. The van der Waals surface area contributed by atoms with Crippen LogP contribution in [-0.2, 0) is 0 Å². The summed E-state index contributed by atoms with van der Waals surface area (Å²) in [6.45, 7) is 4.82. The second kappa shape index (κ2) is 5.66. The van der Waals surface area contributed by atoms with Gasteiger partial charge in [0.1, 0.15) is 0 Å². The molecule has 0 amide bonds. The summed E-state index contributed by atoms with van der Waals surface area (Å²) in [6.07, 6.45) is -0.597. The van der Waals surface area contributed by atoms with E-state index in [-0.39, 0.29) is 6.79 Å². The molecule has 1 heterocycles. The van der Waals surface area contributed by atoms with Gasteiger partial charge >= 0.3 is 0 Å². The zero-order valence-electron chi connectivity index (χ0n) is 12.2. The summed E-state index contributed by atoms with van der Waals surface area (Å²) in [5, 5.41) is 13.6. The average Bonchev–Trinajstić information content (AvgIpc) is 2.91. The number of hydrogen-bond acceptors (Lipinski definition) is 4. The molecule has 1 unspecified atom stereocenters. The summed E-state index contributed by atoms with van der Waals surface area (Å²) in [4.78, 5) is 0. The molecule has 0 saturated carbocycles. The fourth-order valence-corrected chi connectivity index (χ4v) is 2.53. The summed E-state index contributed by atoms with van der Waals surface area (Å²) in [6, 6.07) is 11.8. The maximum absolute atomic E-state index is 10.3. The first-order valence-electron chi connectivity index (χ1n) is 7.01. The van der Waals surface area contributed by atoms with E-state index in [1.54, 1.807) is 0 Å². The summed E-state index contributed by atoms with van der Waals surface area (Å²) >= 11 is 0. The Morgan fingerprint density at radius 2 is 1.76 bits per heavy atom. The molecule has 0 aromatic heterocycles. The zero-order chi connectivity index (χ0) is 14.8. The SMILES string of the molecule is Cc1cc(C)cc(NCC(O)c2ccc3c(c2)OCO3)c1. The number of benzene rings is 2. The van der Waals surface area contributed by atoms with E-state index in [0.717, 1.165) is 17.0 Å². The van der Waals surface area contributed by atoms with E-state index < -0.39 is 6.10 Å². The fourth-order valence-electron chi connectivity index (χ4n) is 2.53. The molecule has 1 aliphatic heterocycles. The molecule has 0 fully saturated rings. The Bertz CT molecular complexity index is 634. The van der Waals surface area contributed by atoms with Crippen LogP contribution in [0.3, 0.4) is 0 Å². The maximum atomic E-state index is 10.3. The minimum Gasteiger partial charge on any atom is -0.454 e. The number of fused-ring (bicyclic) bond motifs is 1. The van der Waals surface area contributed by atoms with Crippen LogP contribution >= 0.6 is 0 Å².